The van der Waals surface area contributed by atoms with Gasteiger partial charge >= 0.3 is 0 Å². The van der Waals surface area contributed by atoms with Gasteiger partial charge in [-0.1, -0.05) is 32.9 Å². The zero-order valence-corrected chi connectivity index (χ0v) is 9.37. The second-order valence-electron chi connectivity index (χ2n) is 4.85. The Balaban J connectivity index is 2.80. The van der Waals surface area contributed by atoms with Crippen molar-refractivity contribution in [1.29, 1.82) is 5.26 Å². The lowest BCUT2D eigenvalue weighted by molar-refractivity contribution is 0.0940. The molecule has 0 atom stereocenters. The van der Waals surface area contributed by atoms with Crippen LogP contribution >= 0.6 is 0 Å². The van der Waals surface area contributed by atoms with Crippen molar-refractivity contribution >= 4 is 5.78 Å². The molecule has 0 saturated heterocycles. The van der Waals surface area contributed by atoms with Gasteiger partial charge in [0.2, 0.25) is 0 Å². The third-order valence-corrected chi connectivity index (χ3v) is 2.03. The second-order valence-corrected chi connectivity index (χ2v) is 4.85. The lowest BCUT2D eigenvalue weighted by Gasteiger charge is -2.16. The molecular formula is C13H15NO. The summed E-state index contributed by atoms with van der Waals surface area (Å²) in [5, 5.41) is 8.62. The smallest absolute Gasteiger partial charge is 0.163 e. The van der Waals surface area contributed by atoms with Crippen molar-refractivity contribution in [1.82, 2.24) is 0 Å². The maximum Gasteiger partial charge on any atom is 0.163 e. The van der Waals surface area contributed by atoms with E-state index in [0.717, 1.165) is 0 Å². The van der Waals surface area contributed by atoms with E-state index in [2.05, 4.69) is 0 Å². The van der Waals surface area contributed by atoms with Gasteiger partial charge in [0, 0.05) is 12.0 Å². The highest BCUT2D eigenvalue weighted by Gasteiger charge is 2.16. The van der Waals surface area contributed by atoms with E-state index in [-0.39, 0.29) is 11.2 Å². The Morgan fingerprint density at radius 2 is 1.80 bits per heavy atom. The number of Topliss-reactive ketones (excluding diaryl/α,β-unsaturated/α-hetero) is 1. The van der Waals surface area contributed by atoms with Crippen LogP contribution in [0.15, 0.2) is 24.3 Å². The number of carbonyl (C=O) groups excluding carboxylic acids is 1. The van der Waals surface area contributed by atoms with Gasteiger partial charge in [0.05, 0.1) is 11.6 Å². The van der Waals surface area contributed by atoms with Crippen LogP contribution in [0, 0.1) is 16.7 Å². The Morgan fingerprint density at radius 3 is 2.20 bits per heavy atom. The van der Waals surface area contributed by atoms with Crippen LogP contribution in [0.1, 0.15) is 43.1 Å². The Bertz CT molecular complexity index is 390. The van der Waals surface area contributed by atoms with Crippen LogP contribution in [0.2, 0.25) is 0 Å². The van der Waals surface area contributed by atoms with Crippen LogP contribution in [0.3, 0.4) is 0 Å². The van der Waals surface area contributed by atoms with Gasteiger partial charge in [-0.15, -0.1) is 0 Å². The van der Waals surface area contributed by atoms with Gasteiger partial charge in [-0.2, -0.15) is 5.26 Å². The van der Waals surface area contributed by atoms with Gasteiger partial charge in [-0.25, -0.2) is 0 Å². The third-order valence-electron chi connectivity index (χ3n) is 2.03. The van der Waals surface area contributed by atoms with E-state index >= 15 is 0 Å². The topological polar surface area (TPSA) is 40.9 Å². The standard InChI is InChI=1S/C13H15NO/c1-13(2,3)8-12(15)11-6-4-10(9-14)5-7-11/h4-7H,8H2,1-3H3. The summed E-state index contributed by atoms with van der Waals surface area (Å²) in [5.74, 6) is 0.131. The lowest BCUT2D eigenvalue weighted by atomic mass is 9.88. The molecule has 78 valence electrons. The molecule has 0 fully saturated rings. The zero-order chi connectivity index (χ0) is 11.5. The van der Waals surface area contributed by atoms with Crippen LogP contribution in [-0.4, -0.2) is 5.78 Å². The van der Waals surface area contributed by atoms with Crippen LogP contribution in [0.5, 0.6) is 0 Å². The molecule has 0 radical (unpaired) electrons. The molecule has 0 spiro atoms. The number of carbonyl (C=O) groups is 1. The van der Waals surface area contributed by atoms with Crippen molar-refractivity contribution in [2.24, 2.45) is 5.41 Å². The highest BCUT2D eigenvalue weighted by Crippen LogP contribution is 2.21. The Hall–Kier alpha value is -1.62. The van der Waals surface area contributed by atoms with Gasteiger partial charge in [-0.3, -0.25) is 4.79 Å². The predicted molar refractivity (Wildman–Crippen MR) is 59.6 cm³/mol. The molecule has 0 aromatic heterocycles. The van der Waals surface area contributed by atoms with E-state index < -0.39 is 0 Å². The number of nitriles is 1. The summed E-state index contributed by atoms with van der Waals surface area (Å²) < 4.78 is 0. The minimum absolute atomic E-state index is 0.00494. The molecule has 0 N–H and O–H groups in total. The monoisotopic (exact) mass is 201 g/mol. The van der Waals surface area contributed by atoms with Gasteiger partial charge in [-0.05, 0) is 17.5 Å². The number of hydrogen-bond acceptors (Lipinski definition) is 2. The molecule has 0 aliphatic rings. The molecular weight excluding hydrogens is 186 g/mol. The van der Waals surface area contributed by atoms with Crippen molar-refractivity contribution in [2.75, 3.05) is 0 Å². The summed E-state index contributed by atoms with van der Waals surface area (Å²) in [4.78, 5) is 11.8. The van der Waals surface area contributed by atoms with E-state index in [1.807, 2.05) is 26.8 Å². The SMILES string of the molecule is CC(C)(C)CC(=O)c1ccc(C#N)cc1. The maximum atomic E-state index is 11.8. The molecule has 0 aliphatic heterocycles. The van der Waals surface area contributed by atoms with Crippen molar-refractivity contribution in [3.8, 4) is 6.07 Å². The fourth-order valence-corrected chi connectivity index (χ4v) is 1.31. The molecule has 0 aliphatic carbocycles. The van der Waals surface area contributed by atoms with Gasteiger partial charge in [0.25, 0.3) is 0 Å². The first-order valence-electron chi connectivity index (χ1n) is 4.96. The summed E-state index contributed by atoms with van der Waals surface area (Å²) in [6.07, 6.45) is 0.527. The van der Waals surface area contributed by atoms with Crippen LogP contribution in [0.4, 0.5) is 0 Å². The maximum absolute atomic E-state index is 11.8. The minimum atomic E-state index is 0.00494. The molecule has 2 nitrogen and oxygen atoms in total. The van der Waals surface area contributed by atoms with E-state index in [9.17, 15) is 4.79 Å². The highest BCUT2D eigenvalue weighted by molar-refractivity contribution is 5.96. The molecule has 1 aromatic carbocycles. The Kier molecular flexibility index (Phi) is 3.26. The van der Waals surface area contributed by atoms with Crippen molar-refractivity contribution in [3.05, 3.63) is 35.4 Å². The number of ketones is 1. The quantitative estimate of drug-likeness (QED) is 0.689. The largest absolute Gasteiger partial charge is 0.294 e. The summed E-state index contributed by atoms with van der Waals surface area (Å²) in [6, 6.07) is 8.81. The zero-order valence-electron chi connectivity index (χ0n) is 9.37. The first kappa shape index (κ1) is 11.5. The molecule has 15 heavy (non-hydrogen) atoms. The first-order valence-corrected chi connectivity index (χ1v) is 4.96. The van der Waals surface area contributed by atoms with Crippen molar-refractivity contribution in [3.63, 3.8) is 0 Å². The number of rotatable bonds is 2. The van der Waals surface area contributed by atoms with E-state index in [1.165, 1.54) is 0 Å². The Labute approximate surface area is 90.5 Å². The molecule has 0 amide bonds. The fraction of sp³-hybridized carbons (Fsp3) is 0.385. The summed E-state index contributed by atoms with van der Waals surface area (Å²) in [5.41, 5.74) is 1.27. The Morgan fingerprint density at radius 1 is 1.27 bits per heavy atom. The summed E-state index contributed by atoms with van der Waals surface area (Å²) >= 11 is 0. The molecule has 0 bridgehead atoms. The lowest BCUT2D eigenvalue weighted by Crippen LogP contribution is -2.12. The van der Waals surface area contributed by atoms with Crippen LogP contribution in [0.25, 0.3) is 0 Å². The van der Waals surface area contributed by atoms with E-state index in [1.54, 1.807) is 24.3 Å². The molecule has 0 heterocycles. The molecule has 0 saturated carbocycles. The van der Waals surface area contributed by atoms with Gasteiger partial charge in [0.15, 0.2) is 5.78 Å². The third kappa shape index (κ3) is 3.55. The summed E-state index contributed by atoms with van der Waals surface area (Å²) in [7, 11) is 0. The van der Waals surface area contributed by atoms with E-state index in [0.29, 0.717) is 17.5 Å². The predicted octanol–water partition coefficient (Wildman–Crippen LogP) is 3.18. The molecule has 1 rings (SSSR count). The minimum Gasteiger partial charge on any atom is -0.294 e. The van der Waals surface area contributed by atoms with Crippen LogP contribution < -0.4 is 0 Å². The molecule has 2 heteroatoms. The highest BCUT2D eigenvalue weighted by atomic mass is 16.1. The van der Waals surface area contributed by atoms with Gasteiger partial charge < -0.3 is 0 Å². The van der Waals surface area contributed by atoms with Crippen molar-refractivity contribution < 1.29 is 4.79 Å². The van der Waals surface area contributed by atoms with Gasteiger partial charge in [0.1, 0.15) is 0 Å². The van der Waals surface area contributed by atoms with E-state index in [4.69, 9.17) is 5.26 Å². The molecule has 0 unspecified atom stereocenters. The number of nitrogens with zero attached hydrogens (tertiary/aromatic N) is 1. The molecule has 1 aromatic rings. The summed E-state index contributed by atoms with van der Waals surface area (Å²) in [6.45, 7) is 6.11. The average Bonchev–Trinajstić information content (AvgIpc) is 2.15. The fourth-order valence-electron chi connectivity index (χ4n) is 1.31. The number of benzene rings is 1. The van der Waals surface area contributed by atoms with Crippen LogP contribution in [-0.2, 0) is 0 Å². The normalized spacial score (nSPS) is 10.8. The average molecular weight is 201 g/mol. The number of hydrogen-bond donors (Lipinski definition) is 0. The van der Waals surface area contributed by atoms with Crippen molar-refractivity contribution in [2.45, 2.75) is 27.2 Å². The second kappa shape index (κ2) is 4.27. The first-order chi connectivity index (χ1) is 6.92.